The van der Waals surface area contributed by atoms with Crippen molar-refractivity contribution in [3.8, 4) is 5.75 Å². The molecule has 1 aromatic carbocycles. The number of piperidine rings is 1. The quantitative estimate of drug-likeness (QED) is 0.906. The number of aromatic carboxylic acids is 1. The first kappa shape index (κ1) is 13.9. The maximum atomic E-state index is 10.8. The van der Waals surface area contributed by atoms with E-state index in [2.05, 4.69) is 18.9 Å². The lowest BCUT2D eigenvalue weighted by atomic mass is 9.93. The number of hydrogen-bond acceptors (Lipinski definition) is 3. The molecule has 0 spiro atoms. The minimum atomic E-state index is -0.909. The van der Waals surface area contributed by atoms with Gasteiger partial charge in [-0.25, -0.2) is 4.79 Å². The zero-order valence-electron chi connectivity index (χ0n) is 11.5. The summed E-state index contributed by atoms with van der Waals surface area (Å²) in [7, 11) is 2.14. The van der Waals surface area contributed by atoms with E-state index >= 15 is 0 Å². The number of carboxylic acid groups (broad SMARTS) is 1. The Bertz CT molecular complexity index is 430. The minimum absolute atomic E-state index is 0.151. The van der Waals surface area contributed by atoms with E-state index in [9.17, 15) is 4.79 Å². The molecule has 0 aliphatic carbocycles. The van der Waals surface area contributed by atoms with Gasteiger partial charge in [-0.1, -0.05) is 0 Å². The minimum Gasteiger partial charge on any atom is -0.490 e. The van der Waals surface area contributed by atoms with Crippen molar-refractivity contribution >= 4 is 5.97 Å². The monoisotopic (exact) mass is 263 g/mol. The molecule has 1 heterocycles. The predicted molar refractivity (Wildman–Crippen MR) is 73.7 cm³/mol. The van der Waals surface area contributed by atoms with Crippen LogP contribution in [-0.4, -0.2) is 42.2 Å². The first-order chi connectivity index (χ1) is 9.06. The maximum absolute atomic E-state index is 10.8. The average Bonchev–Trinajstić information content (AvgIpc) is 2.39. The number of likely N-dealkylation sites (tertiary alicyclic amines) is 1. The van der Waals surface area contributed by atoms with Gasteiger partial charge in [0.1, 0.15) is 5.75 Å². The highest BCUT2D eigenvalue weighted by Crippen LogP contribution is 2.23. The Morgan fingerprint density at radius 2 is 2.11 bits per heavy atom. The molecule has 1 aromatic rings. The Kier molecular flexibility index (Phi) is 4.43. The van der Waals surface area contributed by atoms with Crippen LogP contribution in [0, 0.1) is 5.92 Å². The van der Waals surface area contributed by atoms with Gasteiger partial charge in [-0.05, 0) is 57.6 Å². The lowest BCUT2D eigenvalue weighted by Crippen LogP contribution is -2.39. The SMILES string of the molecule is CC(Oc1ccc(C(=O)O)cc1)C1CCCN(C)C1. The van der Waals surface area contributed by atoms with Gasteiger partial charge >= 0.3 is 5.97 Å². The summed E-state index contributed by atoms with van der Waals surface area (Å²) in [5.41, 5.74) is 0.289. The fourth-order valence-electron chi connectivity index (χ4n) is 2.58. The van der Waals surface area contributed by atoms with Crippen molar-refractivity contribution in [1.82, 2.24) is 4.90 Å². The summed E-state index contributed by atoms with van der Waals surface area (Å²) in [4.78, 5) is 13.1. The Balaban J connectivity index is 1.94. The van der Waals surface area contributed by atoms with Crippen molar-refractivity contribution in [3.63, 3.8) is 0 Å². The van der Waals surface area contributed by atoms with E-state index in [4.69, 9.17) is 9.84 Å². The summed E-state index contributed by atoms with van der Waals surface area (Å²) in [5, 5.41) is 8.84. The van der Waals surface area contributed by atoms with E-state index in [-0.39, 0.29) is 11.7 Å². The normalized spacial score (nSPS) is 21.9. The topological polar surface area (TPSA) is 49.8 Å². The standard InChI is InChI=1S/C15H21NO3/c1-11(13-4-3-9-16(2)10-13)19-14-7-5-12(6-8-14)15(17)18/h5-8,11,13H,3-4,9-10H2,1-2H3,(H,17,18). The number of carbonyl (C=O) groups is 1. The smallest absolute Gasteiger partial charge is 0.335 e. The second-order valence-electron chi connectivity index (χ2n) is 5.32. The van der Waals surface area contributed by atoms with E-state index < -0.39 is 5.97 Å². The molecule has 0 radical (unpaired) electrons. The molecule has 0 aromatic heterocycles. The molecule has 2 rings (SSSR count). The summed E-state index contributed by atoms with van der Waals surface area (Å²) in [6.07, 6.45) is 2.56. The maximum Gasteiger partial charge on any atom is 0.335 e. The third kappa shape index (κ3) is 3.70. The molecule has 1 aliphatic heterocycles. The number of rotatable bonds is 4. The highest BCUT2D eigenvalue weighted by molar-refractivity contribution is 5.87. The van der Waals surface area contributed by atoms with Crippen LogP contribution in [0.1, 0.15) is 30.1 Å². The summed E-state index contributed by atoms with van der Waals surface area (Å²) in [6, 6.07) is 6.62. The van der Waals surface area contributed by atoms with Gasteiger partial charge in [0, 0.05) is 12.5 Å². The van der Waals surface area contributed by atoms with Gasteiger partial charge in [-0.3, -0.25) is 0 Å². The molecule has 19 heavy (non-hydrogen) atoms. The molecule has 104 valence electrons. The second kappa shape index (κ2) is 6.06. The van der Waals surface area contributed by atoms with E-state index in [1.54, 1.807) is 24.3 Å². The Morgan fingerprint density at radius 3 is 2.68 bits per heavy atom. The number of hydrogen-bond donors (Lipinski definition) is 1. The fourth-order valence-corrected chi connectivity index (χ4v) is 2.58. The summed E-state index contributed by atoms with van der Waals surface area (Å²) in [5.74, 6) is 0.372. The lowest BCUT2D eigenvalue weighted by Gasteiger charge is -2.33. The highest BCUT2D eigenvalue weighted by Gasteiger charge is 2.24. The average molecular weight is 263 g/mol. The van der Waals surface area contributed by atoms with Crippen LogP contribution >= 0.6 is 0 Å². The van der Waals surface area contributed by atoms with Crippen LogP contribution in [0.2, 0.25) is 0 Å². The molecule has 1 aliphatic rings. The first-order valence-corrected chi connectivity index (χ1v) is 6.75. The fraction of sp³-hybridized carbons (Fsp3) is 0.533. The van der Waals surface area contributed by atoms with Crippen molar-refractivity contribution in [3.05, 3.63) is 29.8 Å². The summed E-state index contributed by atoms with van der Waals surface area (Å²) < 4.78 is 5.92. The molecule has 4 nitrogen and oxygen atoms in total. The second-order valence-corrected chi connectivity index (χ2v) is 5.32. The zero-order valence-corrected chi connectivity index (χ0v) is 11.5. The van der Waals surface area contributed by atoms with Crippen LogP contribution in [0.4, 0.5) is 0 Å². The molecule has 2 unspecified atom stereocenters. The molecule has 2 atom stereocenters. The van der Waals surface area contributed by atoms with Crippen LogP contribution in [-0.2, 0) is 0 Å². The Morgan fingerprint density at radius 1 is 1.42 bits per heavy atom. The number of carboxylic acids is 1. The van der Waals surface area contributed by atoms with Crippen molar-refractivity contribution in [1.29, 1.82) is 0 Å². The van der Waals surface area contributed by atoms with Crippen molar-refractivity contribution in [2.45, 2.75) is 25.9 Å². The van der Waals surface area contributed by atoms with Gasteiger partial charge in [-0.15, -0.1) is 0 Å². The van der Waals surface area contributed by atoms with E-state index in [0.717, 1.165) is 18.8 Å². The van der Waals surface area contributed by atoms with Crippen molar-refractivity contribution < 1.29 is 14.6 Å². The predicted octanol–water partition coefficient (Wildman–Crippen LogP) is 2.49. The molecule has 4 heteroatoms. The van der Waals surface area contributed by atoms with E-state index in [1.807, 2.05) is 0 Å². The number of ether oxygens (including phenoxy) is 1. The van der Waals surface area contributed by atoms with Gasteiger partial charge in [-0.2, -0.15) is 0 Å². The molecule has 0 saturated carbocycles. The van der Waals surface area contributed by atoms with Crippen molar-refractivity contribution in [2.24, 2.45) is 5.92 Å². The molecule has 1 fully saturated rings. The molecule has 0 bridgehead atoms. The van der Waals surface area contributed by atoms with Gasteiger partial charge in [0.05, 0.1) is 11.7 Å². The highest BCUT2D eigenvalue weighted by atomic mass is 16.5. The lowest BCUT2D eigenvalue weighted by molar-refractivity contribution is 0.0696. The zero-order chi connectivity index (χ0) is 13.8. The largest absolute Gasteiger partial charge is 0.490 e. The van der Waals surface area contributed by atoms with Gasteiger partial charge in [0.25, 0.3) is 0 Å². The van der Waals surface area contributed by atoms with Gasteiger partial charge < -0.3 is 14.7 Å². The van der Waals surface area contributed by atoms with E-state index in [1.165, 1.54) is 12.8 Å². The first-order valence-electron chi connectivity index (χ1n) is 6.75. The molecule has 0 amide bonds. The third-order valence-corrected chi connectivity index (χ3v) is 3.75. The third-order valence-electron chi connectivity index (χ3n) is 3.75. The van der Waals surface area contributed by atoms with Gasteiger partial charge in [0.2, 0.25) is 0 Å². The van der Waals surface area contributed by atoms with Gasteiger partial charge in [0.15, 0.2) is 0 Å². The van der Waals surface area contributed by atoms with Crippen LogP contribution < -0.4 is 4.74 Å². The molecule has 1 N–H and O–H groups in total. The molecular formula is C15H21NO3. The molecule has 1 saturated heterocycles. The molecular weight excluding hydrogens is 242 g/mol. The van der Waals surface area contributed by atoms with Crippen LogP contribution in [0.5, 0.6) is 5.75 Å². The van der Waals surface area contributed by atoms with Crippen LogP contribution in [0.15, 0.2) is 24.3 Å². The summed E-state index contributed by atoms with van der Waals surface area (Å²) in [6.45, 7) is 4.32. The van der Waals surface area contributed by atoms with Crippen molar-refractivity contribution in [2.75, 3.05) is 20.1 Å². The Labute approximate surface area is 114 Å². The van der Waals surface area contributed by atoms with Crippen LogP contribution in [0.25, 0.3) is 0 Å². The Hall–Kier alpha value is -1.55. The number of nitrogens with zero attached hydrogens (tertiary/aromatic N) is 1. The summed E-state index contributed by atoms with van der Waals surface area (Å²) >= 11 is 0. The van der Waals surface area contributed by atoms with Crippen LogP contribution in [0.3, 0.4) is 0 Å². The van der Waals surface area contributed by atoms with E-state index in [0.29, 0.717) is 5.92 Å². The number of benzene rings is 1.